The summed E-state index contributed by atoms with van der Waals surface area (Å²) in [7, 11) is 0. The highest BCUT2D eigenvalue weighted by Gasteiger charge is 2.09. The third-order valence-corrected chi connectivity index (χ3v) is 2.30. The van der Waals surface area contributed by atoms with Crippen molar-refractivity contribution in [2.45, 2.75) is 39.4 Å². The van der Waals surface area contributed by atoms with Crippen molar-refractivity contribution in [2.24, 2.45) is 0 Å². The van der Waals surface area contributed by atoms with Crippen molar-refractivity contribution >= 4 is 5.78 Å². The van der Waals surface area contributed by atoms with Crippen molar-refractivity contribution in [2.75, 3.05) is 0 Å². The lowest BCUT2D eigenvalue weighted by molar-refractivity contribution is -0.120. The molecule has 1 aromatic carbocycles. The molecule has 2 heteroatoms. The molecule has 0 N–H and O–H groups in total. The Morgan fingerprint density at radius 3 is 2.53 bits per heavy atom. The third kappa shape index (κ3) is 4.75. The topological polar surface area (TPSA) is 26.3 Å². The Balaban J connectivity index is 2.37. The quantitative estimate of drug-likeness (QED) is 0.715. The number of rotatable bonds is 6. The van der Waals surface area contributed by atoms with Crippen LogP contribution in [0.3, 0.4) is 0 Å². The maximum atomic E-state index is 10.9. The van der Waals surface area contributed by atoms with Gasteiger partial charge in [-0.15, -0.1) is 0 Å². The molecular formula is C13H18O2. The number of ether oxygens (including phenoxy) is 1. The Hall–Kier alpha value is -1.15. The normalized spacial score (nSPS) is 12.4. The minimum Gasteiger partial charge on any atom is -0.373 e. The fourth-order valence-electron chi connectivity index (χ4n) is 1.43. The van der Waals surface area contributed by atoms with E-state index >= 15 is 0 Å². The number of carbonyl (C=O) groups excluding carboxylic acids is 1. The molecule has 15 heavy (non-hydrogen) atoms. The summed E-state index contributed by atoms with van der Waals surface area (Å²) in [5, 5.41) is 0. The van der Waals surface area contributed by atoms with Gasteiger partial charge in [-0.1, -0.05) is 37.3 Å². The monoisotopic (exact) mass is 206 g/mol. The summed E-state index contributed by atoms with van der Waals surface area (Å²) >= 11 is 0. The predicted octanol–water partition coefficient (Wildman–Crippen LogP) is 2.96. The van der Waals surface area contributed by atoms with Gasteiger partial charge in [0, 0.05) is 6.42 Å². The maximum absolute atomic E-state index is 10.9. The fraction of sp³-hybridized carbons (Fsp3) is 0.462. The summed E-state index contributed by atoms with van der Waals surface area (Å²) < 4.78 is 5.67. The molecule has 1 aromatic rings. The van der Waals surface area contributed by atoms with Gasteiger partial charge in [-0.25, -0.2) is 0 Å². The summed E-state index contributed by atoms with van der Waals surface area (Å²) in [6.07, 6.45) is 1.46. The summed E-state index contributed by atoms with van der Waals surface area (Å²) in [6.45, 7) is 4.24. The molecule has 0 aliphatic carbocycles. The van der Waals surface area contributed by atoms with Gasteiger partial charge in [-0.2, -0.15) is 0 Å². The van der Waals surface area contributed by atoms with Crippen LogP contribution in [0.15, 0.2) is 30.3 Å². The first-order valence-corrected chi connectivity index (χ1v) is 5.37. The second-order valence-electron chi connectivity index (χ2n) is 3.73. The van der Waals surface area contributed by atoms with E-state index in [4.69, 9.17) is 4.74 Å². The first kappa shape index (κ1) is 11.9. The SMILES string of the molecule is CCC(CC(C)=O)OCc1ccccc1. The molecule has 0 radical (unpaired) electrons. The standard InChI is InChI=1S/C13H18O2/c1-3-13(9-11(2)14)15-10-12-7-5-4-6-8-12/h4-8,13H,3,9-10H2,1-2H3. The van der Waals surface area contributed by atoms with Crippen LogP contribution in [0.25, 0.3) is 0 Å². The lowest BCUT2D eigenvalue weighted by atomic mass is 10.1. The molecule has 0 heterocycles. The van der Waals surface area contributed by atoms with Crippen molar-refractivity contribution in [3.05, 3.63) is 35.9 Å². The van der Waals surface area contributed by atoms with Crippen LogP contribution >= 0.6 is 0 Å². The smallest absolute Gasteiger partial charge is 0.132 e. The molecular weight excluding hydrogens is 188 g/mol. The highest BCUT2D eigenvalue weighted by molar-refractivity contribution is 5.75. The van der Waals surface area contributed by atoms with Crippen molar-refractivity contribution < 1.29 is 9.53 Å². The lowest BCUT2D eigenvalue weighted by Crippen LogP contribution is -2.15. The third-order valence-electron chi connectivity index (χ3n) is 2.30. The Morgan fingerprint density at radius 1 is 1.33 bits per heavy atom. The van der Waals surface area contributed by atoms with Crippen molar-refractivity contribution in [1.82, 2.24) is 0 Å². The molecule has 2 nitrogen and oxygen atoms in total. The van der Waals surface area contributed by atoms with Crippen molar-refractivity contribution in [3.63, 3.8) is 0 Å². The van der Waals surface area contributed by atoms with Gasteiger partial charge in [0.25, 0.3) is 0 Å². The minimum absolute atomic E-state index is 0.0581. The van der Waals surface area contributed by atoms with E-state index in [0.717, 1.165) is 12.0 Å². The highest BCUT2D eigenvalue weighted by atomic mass is 16.5. The Kier molecular flexibility index (Phi) is 5.05. The van der Waals surface area contributed by atoms with Gasteiger partial charge in [-0.3, -0.25) is 4.79 Å². The largest absolute Gasteiger partial charge is 0.373 e. The van der Waals surface area contributed by atoms with E-state index in [1.54, 1.807) is 6.92 Å². The Labute approximate surface area is 91.3 Å². The molecule has 0 aromatic heterocycles. The second-order valence-corrected chi connectivity index (χ2v) is 3.73. The van der Waals surface area contributed by atoms with E-state index in [2.05, 4.69) is 0 Å². The van der Waals surface area contributed by atoms with Crippen LogP contribution in [0.2, 0.25) is 0 Å². The summed E-state index contributed by atoms with van der Waals surface area (Å²) in [5.74, 6) is 0.190. The van der Waals surface area contributed by atoms with E-state index in [1.165, 1.54) is 0 Å². The zero-order chi connectivity index (χ0) is 11.1. The molecule has 1 atom stereocenters. The fourth-order valence-corrected chi connectivity index (χ4v) is 1.43. The van der Waals surface area contributed by atoms with Crippen LogP contribution < -0.4 is 0 Å². The zero-order valence-electron chi connectivity index (χ0n) is 9.40. The number of Topliss-reactive ketones (excluding diaryl/α,β-unsaturated/α-hetero) is 1. The van der Waals surface area contributed by atoms with E-state index in [9.17, 15) is 4.79 Å². The van der Waals surface area contributed by atoms with Gasteiger partial charge in [0.1, 0.15) is 5.78 Å². The van der Waals surface area contributed by atoms with Gasteiger partial charge >= 0.3 is 0 Å². The van der Waals surface area contributed by atoms with Gasteiger partial charge in [0.2, 0.25) is 0 Å². The molecule has 1 rings (SSSR count). The molecule has 0 saturated carbocycles. The van der Waals surface area contributed by atoms with Gasteiger partial charge in [0.15, 0.2) is 0 Å². The van der Waals surface area contributed by atoms with Gasteiger partial charge in [0.05, 0.1) is 12.7 Å². The van der Waals surface area contributed by atoms with E-state index in [-0.39, 0.29) is 11.9 Å². The van der Waals surface area contributed by atoms with Crippen LogP contribution in [-0.2, 0) is 16.1 Å². The van der Waals surface area contributed by atoms with Crippen LogP contribution in [0.4, 0.5) is 0 Å². The Morgan fingerprint density at radius 2 is 2.00 bits per heavy atom. The maximum Gasteiger partial charge on any atom is 0.132 e. The van der Waals surface area contributed by atoms with Crippen LogP contribution in [0.1, 0.15) is 32.3 Å². The molecule has 0 bridgehead atoms. The van der Waals surface area contributed by atoms with E-state index in [1.807, 2.05) is 37.3 Å². The zero-order valence-corrected chi connectivity index (χ0v) is 9.40. The molecule has 82 valence electrons. The van der Waals surface area contributed by atoms with Crippen molar-refractivity contribution in [1.29, 1.82) is 0 Å². The number of ketones is 1. The summed E-state index contributed by atoms with van der Waals surface area (Å²) in [6, 6.07) is 10.0. The molecule has 0 aliphatic rings. The summed E-state index contributed by atoms with van der Waals surface area (Å²) in [4.78, 5) is 10.9. The number of hydrogen-bond donors (Lipinski definition) is 0. The van der Waals surface area contributed by atoms with Gasteiger partial charge < -0.3 is 4.74 Å². The average molecular weight is 206 g/mol. The van der Waals surface area contributed by atoms with Crippen LogP contribution in [0, 0.1) is 0 Å². The molecule has 0 saturated heterocycles. The van der Waals surface area contributed by atoms with E-state index < -0.39 is 0 Å². The molecule has 0 amide bonds. The molecule has 0 fully saturated rings. The lowest BCUT2D eigenvalue weighted by Gasteiger charge is -2.14. The summed E-state index contributed by atoms with van der Waals surface area (Å²) in [5.41, 5.74) is 1.15. The predicted molar refractivity (Wildman–Crippen MR) is 60.6 cm³/mol. The van der Waals surface area contributed by atoms with Gasteiger partial charge in [-0.05, 0) is 18.9 Å². The molecule has 1 unspecified atom stereocenters. The minimum atomic E-state index is 0.0581. The highest BCUT2D eigenvalue weighted by Crippen LogP contribution is 2.09. The Bertz CT molecular complexity index is 293. The molecule has 0 spiro atoms. The number of carbonyl (C=O) groups is 1. The van der Waals surface area contributed by atoms with E-state index in [0.29, 0.717) is 13.0 Å². The number of benzene rings is 1. The molecule has 0 aliphatic heterocycles. The second kappa shape index (κ2) is 6.36. The first-order valence-electron chi connectivity index (χ1n) is 5.37. The first-order chi connectivity index (χ1) is 7.22. The van der Waals surface area contributed by atoms with Crippen LogP contribution in [-0.4, -0.2) is 11.9 Å². The number of hydrogen-bond acceptors (Lipinski definition) is 2. The van der Waals surface area contributed by atoms with Crippen LogP contribution in [0.5, 0.6) is 0 Å². The van der Waals surface area contributed by atoms with Crippen molar-refractivity contribution in [3.8, 4) is 0 Å². The average Bonchev–Trinajstić information content (AvgIpc) is 2.25.